The molecule has 0 unspecified atom stereocenters. The van der Waals surface area contributed by atoms with Gasteiger partial charge in [-0.25, -0.2) is 0 Å². The fourth-order valence-corrected chi connectivity index (χ4v) is 3.02. The molecule has 1 aromatic carbocycles. The molecule has 0 aliphatic carbocycles. The summed E-state index contributed by atoms with van der Waals surface area (Å²) in [4.78, 5) is 15.4. The molecule has 5 heteroatoms. The summed E-state index contributed by atoms with van der Waals surface area (Å²) in [6.07, 6.45) is 0. The number of nitrogens with zero attached hydrogens (tertiary/aromatic N) is 2. The van der Waals surface area contributed by atoms with Gasteiger partial charge in [-0.3, -0.25) is 4.79 Å². The third-order valence-corrected chi connectivity index (χ3v) is 4.30. The van der Waals surface area contributed by atoms with Crippen LogP contribution in [0, 0.1) is 6.92 Å². The number of hydrogen-bond acceptors (Lipinski definition) is 4. The SMILES string of the molecule is Cc1noc(-c2cccs2)c1C(=O)N(C)Cc1ccccc1. The number of carbonyl (C=O) groups is 1. The maximum absolute atomic E-state index is 12.8. The lowest BCUT2D eigenvalue weighted by Gasteiger charge is -2.17. The van der Waals surface area contributed by atoms with Crippen molar-refractivity contribution in [2.24, 2.45) is 0 Å². The first-order valence-electron chi connectivity index (χ1n) is 6.96. The fourth-order valence-electron chi connectivity index (χ4n) is 2.32. The van der Waals surface area contributed by atoms with Crippen LogP contribution in [0.3, 0.4) is 0 Å². The van der Waals surface area contributed by atoms with Gasteiger partial charge in [0.15, 0.2) is 5.76 Å². The van der Waals surface area contributed by atoms with Crippen molar-refractivity contribution in [2.45, 2.75) is 13.5 Å². The van der Waals surface area contributed by atoms with E-state index in [0.717, 1.165) is 10.4 Å². The Morgan fingerprint density at radius 2 is 2.00 bits per heavy atom. The third-order valence-electron chi connectivity index (χ3n) is 3.43. The quantitative estimate of drug-likeness (QED) is 0.732. The molecule has 0 spiro atoms. The van der Waals surface area contributed by atoms with Crippen molar-refractivity contribution >= 4 is 17.2 Å². The summed E-state index contributed by atoms with van der Waals surface area (Å²) in [5.74, 6) is 0.475. The summed E-state index contributed by atoms with van der Waals surface area (Å²) in [7, 11) is 1.79. The van der Waals surface area contributed by atoms with Crippen LogP contribution in [0.1, 0.15) is 21.6 Å². The Kier molecular flexibility index (Phi) is 4.06. The van der Waals surface area contributed by atoms with Gasteiger partial charge in [0.2, 0.25) is 0 Å². The Labute approximate surface area is 133 Å². The van der Waals surface area contributed by atoms with Gasteiger partial charge in [-0.2, -0.15) is 0 Å². The van der Waals surface area contributed by atoms with Crippen molar-refractivity contribution in [1.29, 1.82) is 0 Å². The predicted molar refractivity (Wildman–Crippen MR) is 86.8 cm³/mol. The van der Waals surface area contributed by atoms with Crippen LogP contribution in [-0.2, 0) is 6.54 Å². The number of rotatable bonds is 4. The average molecular weight is 312 g/mol. The van der Waals surface area contributed by atoms with E-state index in [1.165, 1.54) is 11.3 Å². The molecule has 112 valence electrons. The second kappa shape index (κ2) is 6.15. The van der Waals surface area contributed by atoms with Gasteiger partial charge in [-0.1, -0.05) is 41.6 Å². The van der Waals surface area contributed by atoms with Gasteiger partial charge in [0.05, 0.1) is 10.6 Å². The number of aromatic nitrogens is 1. The highest BCUT2D eigenvalue weighted by Gasteiger charge is 2.25. The minimum Gasteiger partial charge on any atom is -0.354 e. The van der Waals surface area contributed by atoms with Crippen LogP contribution in [0.5, 0.6) is 0 Å². The molecule has 1 amide bonds. The molecule has 0 fully saturated rings. The zero-order chi connectivity index (χ0) is 15.5. The first-order chi connectivity index (χ1) is 10.7. The molecule has 3 rings (SSSR count). The Morgan fingerprint density at radius 1 is 1.23 bits per heavy atom. The maximum atomic E-state index is 12.8. The second-order valence-corrected chi connectivity index (χ2v) is 6.04. The number of benzene rings is 1. The molecule has 0 N–H and O–H groups in total. The molecule has 0 saturated heterocycles. The Balaban J connectivity index is 1.88. The van der Waals surface area contributed by atoms with Crippen LogP contribution in [0.4, 0.5) is 0 Å². The van der Waals surface area contributed by atoms with Crippen molar-refractivity contribution in [3.63, 3.8) is 0 Å². The van der Waals surface area contributed by atoms with Crippen LogP contribution in [0.15, 0.2) is 52.4 Å². The highest BCUT2D eigenvalue weighted by molar-refractivity contribution is 7.13. The van der Waals surface area contributed by atoms with E-state index >= 15 is 0 Å². The molecular formula is C17H16N2O2S. The highest BCUT2D eigenvalue weighted by atomic mass is 32.1. The van der Waals surface area contributed by atoms with Crippen molar-refractivity contribution in [3.05, 3.63) is 64.7 Å². The van der Waals surface area contributed by atoms with Crippen molar-refractivity contribution in [2.75, 3.05) is 7.05 Å². The van der Waals surface area contributed by atoms with Crippen LogP contribution in [-0.4, -0.2) is 23.0 Å². The van der Waals surface area contributed by atoms with E-state index in [9.17, 15) is 4.79 Å². The number of hydrogen-bond donors (Lipinski definition) is 0. The first-order valence-corrected chi connectivity index (χ1v) is 7.84. The van der Waals surface area contributed by atoms with Crippen molar-refractivity contribution < 1.29 is 9.32 Å². The second-order valence-electron chi connectivity index (χ2n) is 5.10. The number of amides is 1. The maximum Gasteiger partial charge on any atom is 0.259 e. The minimum atomic E-state index is -0.0778. The summed E-state index contributed by atoms with van der Waals surface area (Å²) in [6, 6.07) is 13.8. The molecule has 0 saturated carbocycles. The summed E-state index contributed by atoms with van der Waals surface area (Å²) in [5, 5.41) is 5.92. The number of thiophene rings is 1. The van der Waals surface area contributed by atoms with E-state index < -0.39 is 0 Å². The smallest absolute Gasteiger partial charge is 0.259 e. The Hall–Kier alpha value is -2.40. The lowest BCUT2D eigenvalue weighted by Crippen LogP contribution is -2.26. The molecule has 22 heavy (non-hydrogen) atoms. The number of carbonyl (C=O) groups excluding carboxylic acids is 1. The van der Waals surface area contributed by atoms with Crippen LogP contribution in [0.2, 0.25) is 0 Å². The standard InChI is InChI=1S/C17H16N2O2S/c1-12-15(16(21-18-12)14-9-6-10-22-14)17(20)19(2)11-13-7-4-3-5-8-13/h3-10H,11H2,1-2H3. The summed E-state index contributed by atoms with van der Waals surface area (Å²) in [6.45, 7) is 2.35. The lowest BCUT2D eigenvalue weighted by atomic mass is 10.1. The topological polar surface area (TPSA) is 46.3 Å². The fraction of sp³-hybridized carbons (Fsp3) is 0.176. The molecule has 4 nitrogen and oxygen atoms in total. The minimum absolute atomic E-state index is 0.0778. The molecule has 3 aromatic rings. The van der Waals surface area contributed by atoms with Crippen molar-refractivity contribution in [3.8, 4) is 10.6 Å². The van der Waals surface area contributed by atoms with E-state index in [1.807, 2.05) is 47.8 Å². The number of aryl methyl sites for hydroxylation is 1. The molecular weight excluding hydrogens is 296 g/mol. The van der Waals surface area contributed by atoms with Crippen LogP contribution < -0.4 is 0 Å². The van der Waals surface area contributed by atoms with Crippen LogP contribution >= 0.6 is 11.3 Å². The molecule has 2 heterocycles. The Bertz CT molecular complexity index is 763. The summed E-state index contributed by atoms with van der Waals surface area (Å²) >= 11 is 1.53. The largest absolute Gasteiger partial charge is 0.354 e. The van der Waals surface area contributed by atoms with E-state index in [4.69, 9.17) is 4.52 Å². The average Bonchev–Trinajstić information content (AvgIpc) is 3.16. The van der Waals surface area contributed by atoms with Gasteiger partial charge in [-0.05, 0) is 23.9 Å². The monoisotopic (exact) mass is 312 g/mol. The lowest BCUT2D eigenvalue weighted by molar-refractivity contribution is 0.0785. The van der Waals surface area contributed by atoms with Crippen molar-refractivity contribution in [1.82, 2.24) is 10.1 Å². The van der Waals surface area contributed by atoms with E-state index in [1.54, 1.807) is 18.9 Å². The Morgan fingerprint density at radius 3 is 2.68 bits per heavy atom. The van der Waals surface area contributed by atoms with Gasteiger partial charge in [0.25, 0.3) is 5.91 Å². The van der Waals surface area contributed by atoms with Gasteiger partial charge in [0.1, 0.15) is 5.56 Å². The molecule has 2 aromatic heterocycles. The van der Waals surface area contributed by atoms with E-state index in [2.05, 4.69) is 5.16 Å². The van der Waals surface area contributed by atoms with Crippen LogP contribution in [0.25, 0.3) is 10.6 Å². The van der Waals surface area contributed by atoms with E-state index in [0.29, 0.717) is 23.6 Å². The molecule has 0 atom stereocenters. The molecule has 0 aliphatic rings. The first kappa shape index (κ1) is 14.5. The summed E-state index contributed by atoms with van der Waals surface area (Å²) < 4.78 is 5.37. The highest BCUT2D eigenvalue weighted by Crippen LogP contribution is 2.30. The predicted octanol–water partition coefficient (Wildman–Crippen LogP) is 3.98. The zero-order valence-electron chi connectivity index (χ0n) is 12.4. The van der Waals surface area contributed by atoms with E-state index in [-0.39, 0.29) is 5.91 Å². The normalized spacial score (nSPS) is 10.6. The van der Waals surface area contributed by atoms with Gasteiger partial charge < -0.3 is 9.42 Å². The molecule has 0 bridgehead atoms. The zero-order valence-corrected chi connectivity index (χ0v) is 13.3. The van der Waals surface area contributed by atoms with Gasteiger partial charge >= 0.3 is 0 Å². The van der Waals surface area contributed by atoms with Gasteiger partial charge in [-0.15, -0.1) is 11.3 Å². The molecule has 0 radical (unpaired) electrons. The molecule has 0 aliphatic heterocycles. The third kappa shape index (κ3) is 2.80. The van der Waals surface area contributed by atoms with Gasteiger partial charge in [0, 0.05) is 13.6 Å². The summed E-state index contributed by atoms with van der Waals surface area (Å²) in [5.41, 5.74) is 2.25.